The summed E-state index contributed by atoms with van der Waals surface area (Å²) in [5.74, 6) is 0.103. The van der Waals surface area contributed by atoms with Crippen molar-refractivity contribution < 1.29 is 9.53 Å². The van der Waals surface area contributed by atoms with Crippen LogP contribution in [0.2, 0.25) is 0 Å². The summed E-state index contributed by atoms with van der Waals surface area (Å²) in [4.78, 5) is 14.5. The molecule has 0 saturated carbocycles. The van der Waals surface area contributed by atoms with Gasteiger partial charge in [0, 0.05) is 19.6 Å². The van der Waals surface area contributed by atoms with Crippen LogP contribution in [-0.4, -0.2) is 36.1 Å². The molecule has 1 aromatic carbocycles. The van der Waals surface area contributed by atoms with Gasteiger partial charge in [-0.2, -0.15) is 0 Å². The average Bonchev–Trinajstić information content (AvgIpc) is 2.96. The van der Waals surface area contributed by atoms with Crippen molar-refractivity contribution in [3.63, 3.8) is 0 Å². The third-order valence-corrected chi connectivity index (χ3v) is 3.67. The Hall–Kier alpha value is -1.39. The fourth-order valence-corrected chi connectivity index (χ4v) is 2.61. The largest absolute Gasteiger partial charge is 0.364 e. The van der Waals surface area contributed by atoms with E-state index < -0.39 is 0 Å². The molecule has 2 rings (SSSR count). The summed E-state index contributed by atoms with van der Waals surface area (Å²) in [5.41, 5.74) is 6.76. The molecule has 1 fully saturated rings. The minimum absolute atomic E-state index is 0.0455. The molecular weight excluding hydrogens is 252 g/mol. The Morgan fingerprint density at radius 1 is 1.35 bits per heavy atom. The molecular formula is C16H24N2O2. The van der Waals surface area contributed by atoms with Gasteiger partial charge in [0.05, 0.1) is 6.10 Å². The number of rotatable bonds is 6. The van der Waals surface area contributed by atoms with Crippen LogP contribution in [-0.2, 0) is 16.1 Å². The van der Waals surface area contributed by atoms with E-state index in [-0.39, 0.29) is 18.1 Å². The van der Waals surface area contributed by atoms with E-state index in [0.717, 1.165) is 31.4 Å². The first-order chi connectivity index (χ1) is 9.74. The second kappa shape index (κ2) is 7.41. The van der Waals surface area contributed by atoms with Gasteiger partial charge < -0.3 is 15.4 Å². The number of benzene rings is 1. The molecule has 1 aliphatic rings. The molecule has 0 unspecified atom stereocenters. The van der Waals surface area contributed by atoms with E-state index in [0.29, 0.717) is 13.1 Å². The summed E-state index contributed by atoms with van der Waals surface area (Å²) in [6, 6.07) is 10.1. The molecule has 0 aromatic heterocycles. The molecule has 4 nitrogen and oxygen atoms in total. The van der Waals surface area contributed by atoms with Gasteiger partial charge >= 0.3 is 0 Å². The molecule has 1 aromatic rings. The van der Waals surface area contributed by atoms with Crippen LogP contribution in [0.3, 0.4) is 0 Å². The molecule has 0 radical (unpaired) electrons. The summed E-state index contributed by atoms with van der Waals surface area (Å²) in [6.07, 6.45) is 2.36. The highest BCUT2D eigenvalue weighted by atomic mass is 16.5. The van der Waals surface area contributed by atoms with Crippen molar-refractivity contribution in [1.29, 1.82) is 0 Å². The lowest BCUT2D eigenvalue weighted by Crippen LogP contribution is -2.39. The number of nitrogens with two attached hydrogens (primary N) is 1. The molecule has 1 amide bonds. The molecule has 0 spiro atoms. The van der Waals surface area contributed by atoms with E-state index in [9.17, 15) is 4.79 Å². The van der Waals surface area contributed by atoms with Crippen molar-refractivity contribution in [3.8, 4) is 0 Å². The fraction of sp³-hybridized carbons (Fsp3) is 0.562. The van der Waals surface area contributed by atoms with Crippen LogP contribution >= 0.6 is 0 Å². The van der Waals surface area contributed by atoms with Gasteiger partial charge in [0.1, 0.15) is 6.10 Å². The first-order valence-corrected chi connectivity index (χ1v) is 7.42. The Labute approximate surface area is 120 Å². The minimum atomic E-state index is -0.307. The van der Waals surface area contributed by atoms with Gasteiger partial charge in [-0.25, -0.2) is 0 Å². The highest BCUT2D eigenvalue weighted by Gasteiger charge is 2.32. The zero-order valence-electron chi connectivity index (χ0n) is 12.1. The summed E-state index contributed by atoms with van der Waals surface area (Å²) < 4.78 is 5.72. The SMILES string of the molecule is CCCN(Cc1ccccc1)C(=O)[C@@H]1CC[C@H](CN)O1. The Morgan fingerprint density at radius 2 is 2.10 bits per heavy atom. The topological polar surface area (TPSA) is 55.6 Å². The number of ether oxygens (including phenoxy) is 1. The zero-order valence-corrected chi connectivity index (χ0v) is 12.1. The van der Waals surface area contributed by atoms with Crippen molar-refractivity contribution in [2.75, 3.05) is 13.1 Å². The second-order valence-corrected chi connectivity index (χ2v) is 5.31. The molecule has 110 valence electrons. The Morgan fingerprint density at radius 3 is 2.70 bits per heavy atom. The van der Waals surface area contributed by atoms with Crippen LogP contribution in [0.1, 0.15) is 31.7 Å². The molecule has 1 aliphatic heterocycles. The maximum atomic E-state index is 12.6. The standard InChI is InChI=1S/C16H24N2O2/c1-2-10-18(12-13-6-4-3-5-7-13)16(19)15-9-8-14(11-17)20-15/h3-7,14-15H,2,8-12,17H2,1H3/t14-,15+/m1/s1. The van der Waals surface area contributed by atoms with Crippen molar-refractivity contribution in [3.05, 3.63) is 35.9 Å². The van der Waals surface area contributed by atoms with Gasteiger partial charge in [0.25, 0.3) is 5.91 Å². The first-order valence-electron chi connectivity index (χ1n) is 7.42. The van der Waals surface area contributed by atoms with Crippen molar-refractivity contribution in [2.45, 2.75) is 44.9 Å². The van der Waals surface area contributed by atoms with Crippen LogP contribution in [0, 0.1) is 0 Å². The van der Waals surface area contributed by atoms with Crippen LogP contribution in [0.5, 0.6) is 0 Å². The van der Waals surface area contributed by atoms with Crippen LogP contribution in [0.15, 0.2) is 30.3 Å². The van der Waals surface area contributed by atoms with Gasteiger partial charge in [-0.3, -0.25) is 4.79 Å². The highest BCUT2D eigenvalue weighted by Crippen LogP contribution is 2.21. The van der Waals surface area contributed by atoms with Gasteiger partial charge in [-0.05, 0) is 24.8 Å². The molecule has 4 heteroatoms. The van der Waals surface area contributed by atoms with Crippen LogP contribution in [0.25, 0.3) is 0 Å². The summed E-state index contributed by atoms with van der Waals surface area (Å²) in [7, 11) is 0. The lowest BCUT2D eigenvalue weighted by Gasteiger charge is -2.25. The number of carbonyl (C=O) groups excluding carboxylic acids is 1. The smallest absolute Gasteiger partial charge is 0.252 e. The van der Waals surface area contributed by atoms with Crippen molar-refractivity contribution in [1.82, 2.24) is 4.90 Å². The average molecular weight is 276 g/mol. The van der Waals surface area contributed by atoms with E-state index in [1.54, 1.807) is 0 Å². The monoisotopic (exact) mass is 276 g/mol. The molecule has 1 saturated heterocycles. The Kier molecular flexibility index (Phi) is 5.56. The summed E-state index contributed by atoms with van der Waals surface area (Å²) in [6.45, 7) is 4.00. The molecule has 2 atom stereocenters. The predicted molar refractivity (Wildman–Crippen MR) is 79.1 cm³/mol. The summed E-state index contributed by atoms with van der Waals surface area (Å²) in [5, 5.41) is 0. The maximum Gasteiger partial charge on any atom is 0.252 e. The van der Waals surface area contributed by atoms with Gasteiger partial charge in [-0.1, -0.05) is 37.3 Å². The van der Waals surface area contributed by atoms with Crippen molar-refractivity contribution >= 4 is 5.91 Å². The van der Waals surface area contributed by atoms with E-state index in [1.165, 1.54) is 0 Å². The Bertz CT molecular complexity index is 422. The van der Waals surface area contributed by atoms with Gasteiger partial charge in [0.15, 0.2) is 0 Å². The van der Waals surface area contributed by atoms with E-state index >= 15 is 0 Å². The minimum Gasteiger partial charge on any atom is -0.364 e. The number of nitrogens with zero attached hydrogens (tertiary/aromatic N) is 1. The molecule has 1 heterocycles. The molecule has 0 aliphatic carbocycles. The third kappa shape index (κ3) is 3.81. The zero-order chi connectivity index (χ0) is 14.4. The highest BCUT2D eigenvalue weighted by molar-refractivity contribution is 5.81. The Balaban J connectivity index is 1.99. The lowest BCUT2D eigenvalue weighted by atomic mass is 10.1. The van der Waals surface area contributed by atoms with Gasteiger partial charge in [0.2, 0.25) is 0 Å². The van der Waals surface area contributed by atoms with Crippen LogP contribution < -0.4 is 5.73 Å². The number of carbonyl (C=O) groups is 1. The lowest BCUT2D eigenvalue weighted by molar-refractivity contribution is -0.143. The van der Waals surface area contributed by atoms with E-state index in [4.69, 9.17) is 10.5 Å². The maximum absolute atomic E-state index is 12.6. The van der Waals surface area contributed by atoms with E-state index in [1.807, 2.05) is 35.2 Å². The molecule has 20 heavy (non-hydrogen) atoms. The quantitative estimate of drug-likeness (QED) is 0.864. The number of hydrogen-bond donors (Lipinski definition) is 1. The molecule has 0 bridgehead atoms. The molecule has 2 N–H and O–H groups in total. The fourth-order valence-electron chi connectivity index (χ4n) is 2.61. The van der Waals surface area contributed by atoms with Gasteiger partial charge in [-0.15, -0.1) is 0 Å². The normalized spacial score (nSPS) is 21.9. The third-order valence-electron chi connectivity index (χ3n) is 3.67. The van der Waals surface area contributed by atoms with E-state index in [2.05, 4.69) is 6.92 Å². The second-order valence-electron chi connectivity index (χ2n) is 5.31. The number of amides is 1. The van der Waals surface area contributed by atoms with Crippen molar-refractivity contribution in [2.24, 2.45) is 5.73 Å². The first kappa shape index (κ1) is 15.0. The predicted octanol–water partition coefficient (Wildman–Crippen LogP) is 1.93. The number of hydrogen-bond acceptors (Lipinski definition) is 3. The summed E-state index contributed by atoms with van der Waals surface area (Å²) >= 11 is 0. The van der Waals surface area contributed by atoms with Crippen LogP contribution in [0.4, 0.5) is 0 Å².